The minimum absolute atomic E-state index is 0.00664. The van der Waals surface area contributed by atoms with Gasteiger partial charge in [0.05, 0.1) is 17.6 Å². The minimum atomic E-state index is -0.181. The third-order valence-electron chi connectivity index (χ3n) is 6.65. The van der Waals surface area contributed by atoms with Crippen LogP contribution < -0.4 is 10.2 Å². The van der Waals surface area contributed by atoms with Gasteiger partial charge in [0.25, 0.3) is 0 Å². The predicted molar refractivity (Wildman–Crippen MR) is 130 cm³/mol. The van der Waals surface area contributed by atoms with E-state index < -0.39 is 0 Å². The van der Waals surface area contributed by atoms with E-state index in [1.165, 1.54) is 0 Å². The first-order valence-electron chi connectivity index (χ1n) is 11.1. The largest absolute Gasteiger partial charge is 0.368 e. The van der Waals surface area contributed by atoms with Crippen molar-refractivity contribution in [2.24, 2.45) is 0 Å². The molecule has 9 heteroatoms. The number of benzene rings is 2. The lowest BCUT2D eigenvalue weighted by atomic mass is 10.1. The highest BCUT2D eigenvalue weighted by molar-refractivity contribution is 6.35. The second-order valence-electron chi connectivity index (χ2n) is 8.56. The maximum absolute atomic E-state index is 12.5. The van der Waals surface area contributed by atoms with Gasteiger partial charge in [-0.2, -0.15) is 10.4 Å². The fraction of sp³-hybridized carbons (Fsp3) is 0.375. The van der Waals surface area contributed by atoms with Crippen LogP contribution in [0.5, 0.6) is 0 Å². The summed E-state index contributed by atoms with van der Waals surface area (Å²) in [5.41, 5.74) is 3.20. The average Bonchev–Trinajstić information content (AvgIpc) is 3.15. The zero-order chi connectivity index (χ0) is 23.1. The molecular formula is C24H24Cl2N6O. The van der Waals surface area contributed by atoms with E-state index in [4.69, 9.17) is 23.2 Å². The van der Waals surface area contributed by atoms with Crippen molar-refractivity contribution in [2.45, 2.75) is 25.4 Å². The molecule has 7 nitrogen and oxygen atoms in total. The molecule has 2 aromatic carbocycles. The first kappa shape index (κ1) is 22.0. The van der Waals surface area contributed by atoms with Gasteiger partial charge < -0.3 is 15.1 Å². The number of fused-ring (bicyclic) bond motifs is 1. The van der Waals surface area contributed by atoms with Crippen LogP contribution in [-0.2, 0) is 4.79 Å². The molecule has 0 saturated carbocycles. The number of nitrogens with one attached hydrogen (secondary N) is 1. The number of halogens is 2. The van der Waals surface area contributed by atoms with Crippen molar-refractivity contribution in [3.05, 3.63) is 57.7 Å². The van der Waals surface area contributed by atoms with Crippen LogP contribution in [0.3, 0.4) is 0 Å². The van der Waals surface area contributed by atoms with Gasteiger partial charge in [-0.05, 0) is 55.8 Å². The summed E-state index contributed by atoms with van der Waals surface area (Å²) in [6.07, 6.45) is 0.927. The van der Waals surface area contributed by atoms with Crippen LogP contribution in [0.4, 0.5) is 5.69 Å². The molecule has 1 amide bonds. The minimum Gasteiger partial charge on any atom is -0.368 e. The van der Waals surface area contributed by atoms with Gasteiger partial charge in [-0.3, -0.25) is 9.48 Å². The summed E-state index contributed by atoms with van der Waals surface area (Å²) in [6, 6.07) is 13.5. The fourth-order valence-corrected chi connectivity index (χ4v) is 5.14. The maximum atomic E-state index is 12.5. The lowest BCUT2D eigenvalue weighted by Gasteiger charge is -2.39. The zero-order valence-corrected chi connectivity index (χ0v) is 19.8. The Kier molecular flexibility index (Phi) is 5.92. The summed E-state index contributed by atoms with van der Waals surface area (Å²) < 4.78 is 1.86. The molecule has 3 aromatic rings. The van der Waals surface area contributed by atoms with E-state index in [1.54, 1.807) is 6.07 Å². The van der Waals surface area contributed by atoms with Gasteiger partial charge in [0.2, 0.25) is 5.91 Å². The smallest absolute Gasteiger partial charge is 0.239 e. The topological polar surface area (TPSA) is 77.2 Å². The van der Waals surface area contributed by atoms with Crippen molar-refractivity contribution >= 4 is 45.7 Å². The number of amides is 1. The second-order valence-corrected chi connectivity index (χ2v) is 9.40. The number of hydrogen-bond donors (Lipinski definition) is 1. The second kappa shape index (κ2) is 8.86. The molecule has 1 N–H and O–H groups in total. The molecule has 2 saturated heterocycles. The van der Waals surface area contributed by atoms with Crippen molar-refractivity contribution in [3.63, 3.8) is 0 Å². The first-order chi connectivity index (χ1) is 16.0. The molecular weight excluding hydrogens is 459 g/mol. The third kappa shape index (κ3) is 4.04. The van der Waals surface area contributed by atoms with Crippen molar-refractivity contribution in [2.75, 3.05) is 37.6 Å². The molecule has 2 fully saturated rings. The average molecular weight is 483 g/mol. The molecule has 170 valence electrons. The number of carbonyl (C=O) groups excluding carboxylic acids is 1. The molecule has 0 aliphatic carbocycles. The summed E-state index contributed by atoms with van der Waals surface area (Å²) >= 11 is 12.5. The fourth-order valence-electron chi connectivity index (χ4n) is 4.58. The summed E-state index contributed by atoms with van der Waals surface area (Å²) in [4.78, 5) is 16.8. The van der Waals surface area contributed by atoms with E-state index >= 15 is 0 Å². The summed E-state index contributed by atoms with van der Waals surface area (Å²) in [5, 5.41) is 19.4. The third-order valence-corrected chi connectivity index (χ3v) is 7.22. The van der Waals surface area contributed by atoms with Gasteiger partial charge in [0.15, 0.2) is 5.69 Å². The number of rotatable bonds is 4. The summed E-state index contributed by atoms with van der Waals surface area (Å²) in [7, 11) is 0. The Morgan fingerprint density at radius 1 is 1.18 bits per heavy atom. The number of anilines is 1. The normalized spacial score (nSPS) is 19.3. The van der Waals surface area contributed by atoms with Crippen molar-refractivity contribution < 1.29 is 4.79 Å². The standard InChI is InChI=1S/C24H24Cl2N6O/c1-15(18-4-2-16(25)12-20(18)26)32-23-13-17(3-5-19(23)22(14-27)29-32)30-8-10-31(11-9-30)24(33)21-6-7-28-21/h2-5,12-13,15,21,28H,6-11H2,1H3/t15-,21?/m1/s1. The lowest BCUT2D eigenvalue weighted by Crippen LogP contribution is -2.58. The highest BCUT2D eigenvalue weighted by Gasteiger charge is 2.31. The van der Waals surface area contributed by atoms with Crippen LogP contribution in [0.25, 0.3) is 10.9 Å². The number of nitriles is 1. The van der Waals surface area contributed by atoms with Crippen molar-refractivity contribution in [1.82, 2.24) is 20.0 Å². The molecule has 1 aromatic heterocycles. The Bertz CT molecular complexity index is 1250. The molecule has 0 bridgehead atoms. The van der Waals surface area contributed by atoms with E-state index in [-0.39, 0.29) is 18.0 Å². The zero-order valence-electron chi connectivity index (χ0n) is 18.3. The first-order valence-corrected chi connectivity index (χ1v) is 11.9. The van der Waals surface area contributed by atoms with Gasteiger partial charge in [-0.1, -0.05) is 29.3 Å². The predicted octanol–water partition coefficient (Wildman–Crippen LogP) is 3.83. The van der Waals surface area contributed by atoms with Crippen LogP contribution in [0.15, 0.2) is 36.4 Å². The highest BCUT2D eigenvalue weighted by Crippen LogP contribution is 2.33. The molecule has 3 heterocycles. The number of carbonyl (C=O) groups is 1. The molecule has 1 unspecified atom stereocenters. The number of hydrogen-bond acceptors (Lipinski definition) is 5. The van der Waals surface area contributed by atoms with E-state index in [9.17, 15) is 10.1 Å². The molecule has 33 heavy (non-hydrogen) atoms. The van der Waals surface area contributed by atoms with Crippen LogP contribution >= 0.6 is 23.2 Å². The molecule has 2 atom stereocenters. The van der Waals surface area contributed by atoms with E-state index in [1.807, 2.05) is 40.8 Å². The number of piperazine rings is 1. The van der Waals surface area contributed by atoms with E-state index in [0.717, 1.165) is 48.2 Å². The van der Waals surface area contributed by atoms with Gasteiger partial charge in [-0.15, -0.1) is 0 Å². The SMILES string of the molecule is C[C@H](c1ccc(Cl)cc1Cl)n1nc(C#N)c2ccc(N3CCN(C(=O)C4CCN4)CC3)cc21. The monoisotopic (exact) mass is 482 g/mol. The van der Waals surface area contributed by atoms with Crippen LogP contribution in [-0.4, -0.2) is 59.4 Å². The Morgan fingerprint density at radius 3 is 2.58 bits per heavy atom. The summed E-state index contributed by atoms with van der Waals surface area (Å²) in [6.45, 7) is 5.87. The molecule has 0 radical (unpaired) electrons. The van der Waals surface area contributed by atoms with E-state index in [2.05, 4.69) is 27.5 Å². The maximum Gasteiger partial charge on any atom is 0.239 e. The van der Waals surface area contributed by atoms with Gasteiger partial charge in [0.1, 0.15) is 6.07 Å². The van der Waals surface area contributed by atoms with Gasteiger partial charge >= 0.3 is 0 Å². The van der Waals surface area contributed by atoms with Gasteiger partial charge in [-0.25, -0.2) is 0 Å². The van der Waals surface area contributed by atoms with E-state index in [0.29, 0.717) is 28.8 Å². The van der Waals surface area contributed by atoms with Crippen LogP contribution in [0.1, 0.15) is 30.6 Å². The molecule has 0 spiro atoms. The highest BCUT2D eigenvalue weighted by atomic mass is 35.5. The van der Waals surface area contributed by atoms with Crippen LogP contribution in [0, 0.1) is 11.3 Å². The van der Waals surface area contributed by atoms with Crippen molar-refractivity contribution in [1.29, 1.82) is 5.26 Å². The van der Waals surface area contributed by atoms with Crippen LogP contribution in [0.2, 0.25) is 10.0 Å². The Balaban J connectivity index is 1.43. The van der Waals surface area contributed by atoms with Crippen molar-refractivity contribution in [3.8, 4) is 6.07 Å². The Labute approximate surface area is 202 Å². The lowest BCUT2D eigenvalue weighted by molar-refractivity contribution is -0.135. The molecule has 2 aliphatic rings. The summed E-state index contributed by atoms with van der Waals surface area (Å²) in [5.74, 6) is 0.210. The number of aromatic nitrogens is 2. The Hall–Kier alpha value is -2.79. The quantitative estimate of drug-likeness (QED) is 0.611. The Morgan fingerprint density at radius 2 is 1.94 bits per heavy atom. The molecule has 2 aliphatic heterocycles. The van der Waals surface area contributed by atoms with Gasteiger partial charge in [0, 0.05) is 47.3 Å². The number of nitrogens with zero attached hydrogens (tertiary/aromatic N) is 5. The molecule has 5 rings (SSSR count).